The molecule has 1 heterocycles. The number of halogens is 1. The van der Waals surface area contributed by atoms with Crippen molar-refractivity contribution in [1.82, 2.24) is 14.9 Å². The highest BCUT2D eigenvalue weighted by Gasteiger charge is 2.07. The second kappa shape index (κ2) is 8.12. The molecule has 0 aliphatic carbocycles. The molecule has 1 aromatic rings. The molecule has 0 saturated heterocycles. The maximum atomic E-state index is 4.58. The van der Waals surface area contributed by atoms with Crippen LogP contribution in [0.5, 0.6) is 0 Å². The highest BCUT2D eigenvalue weighted by Crippen LogP contribution is 2.21. The monoisotopic (exact) mass is 331 g/mol. The average molecular weight is 332 g/mol. The number of thioether (sulfide) groups is 1. The second-order valence-corrected chi connectivity index (χ2v) is 6.34. The maximum Gasteiger partial charge on any atom is 0.133 e. The van der Waals surface area contributed by atoms with Gasteiger partial charge in [-0.1, -0.05) is 27.7 Å². The predicted molar refractivity (Wildman–Crippen MR) is 82.3 cm³/mol. The zero-order valence-corrected chi connectivity index (χ0v) is 14.0. The molecule has 0 bridgehead atoms. The summed E-state index contributed by atoms with van der Waals surface area (Å²) in [5.41, 5.74) is 0. The van der Waals surface area contributed by atoms with Gasteiger partial charge in [0.2, 0.25) is 0 Å². The Morgan fingerprint density at radius 1 is 1.28 bits per heavy atom. The minimum atomic E-state index is 0.365. The molecule has 0 fully saturated rings. The topological polar surface area (TPSA) is 29.0 Å². The van der Waals surface area contributed by atoms with Crippen LogP contribution in [0.3, 0.4) is 0 Å². The Morgan fingerprint density at radius 3 is 2.50 bits per heavy atom. The fourth-order valence-corrected chi connectivity index (χ4v) is 3.03. The van der Waals surface area contributed by atoms with E-state index >= 15 is 0 Å². The first-order valence-corrected chi connectivity index (χ1v) is 8.24. The maximum absolute atomic E-state index is 4.58. The van der Waals surface area contributed by atoms with Crippen molar-refractivity contribution < 1.29 is 0 Å². The molecule has 0 aliphatic rings. The first-order valence-electron chi connectivity index (χ1n) is 6.46. The van der Waals surface area contributed by atoms with Crippen LogP contribution >= 0.6 is 27.7 Å². The van der Waals surface area contributed by atoms with Crippen LogP contribution in [0.25, 0.3) is 0 Å². The molecule has 0 saturated carbocycles. The predicted octanol–water partition coefficient (Wildman–Crippen LogP) is 3.80. The van der Waals surface area contributed by atoms with Gasteiger partial charge in [-0.25, -0.2) is 9.97 Å². The van der Waals surface area contributed by atoms with Gasteiger partial charge in [-0.3, -0.25) is 0 Å². The molecule has 3 nitrogen and oxygen atoms in total. The Hall–Kier alpha value is -0.130. The molecule has 1 aromatic heterocycles. The van der Waals surface area contributed by atoms with E-state index in [1.807, 2.05) is 6.07 Å². The van der Waals surface area contributed by atoms with Crippen LogP contribution in [0.2, 0.25) is 0 Å². The van der Waals surface area contributed by atoms with E-state index < -0.39 is 0 Å². The lowest BCUT2D eigenvalue weighted by Gasteiger charge is -2.17. The molecule has 0 unspecified atom stereocenters. The Balaban J connectivity index is 2.56. The molecule has 0 aromatic carbocycles. The molecule has 5 heteroatoms. The second-order valence-electron chi connectivity index (χ2n) is 4.42. The van der Waals surface area contributed by atoms with Gasteiger partial charge in [-0.2, -0.15) is 0 Å². The molecule has 102 valence electrons. The summed E-state index contributed by atoms with van der Waals surface area (Å²) in [6, 6.07) is 2.00. The van der Waals surface area contributed by atoms with E-state index in [-0.39, 0.29) is 0 Å². The van der Waals surface area contributed by atoms with Crippen LogP contribution in [-0.2, 0) is 0 Å². The van der Waals surface area contributed by atoms with Crippen molar-refractivity contribution >= 4 is 27.7 Å². The zero-order valence-electron chi connectivity index (χ0n) is 11.6. The van der Waals surface area contributed by atoms with Gasteiger partial charge in [0.15, 0.2) is 0 Å². The van der Waals surface area contributed by atoms with Crippen LogP contribution in [-0.4, -0.2) is 40.3 Å². The summed E-state index contributed by atoms with van der Waals surface area (Å²) in [6.45, 7) is 12.0. The van der Waals surface area contributed by atoms with Crippen molar-refractivity contribution in [2.75, 3.05) is 25.4 Å². The molecular weight excluding hydrogens is 310 g/mol. The summed E-state index contributed by atoms with van der Waals surface area (Å²) in [7, 11) is 0. The largest absolute Gasteiger partial charge is 0.303 e. The number of hydrogen-bond donors (Lipinski definition) is 0. The van der Waals surface area contributed by atoms with Gasteiger partial charge in [0, 0.05) is 24.3 Å². The highest BCUT2D eigenvalue weighted by molar-refractivity contribution is 9.10. The zero-order chi connectivity index (χ0) is 13.5. The summed E-state index contributed by atoms with van der Waals surface area (Å²) in [5.74, 6) is 2.35. The molecule has 1 rings (SSSR count). The van der Waals surface area contributed by atoms with E-state index in [4.69, 9.17) is 0 Å². The summed E-state index contributed by atoms with van der Waals surface area (Å²) in [6.07, 6.45) is 0. The first kappa shape index (κ1) is 15.9. The van der Waals surface area contributed by atoms with E-state index in [2.05, 4.69) is 58.5 Å². The van der Waals surface area contributed by atoms with Gasteiger partial charge in [0.1, 0.15) is 15.5 Å². The highest BCUT2D eigenvalue weighted by atomic mass is 79.9. The lowest BCUT2D eigenvalue weighted by molar-refractivity contribution is 0.324. The quantitative estimate of drug-likeness (QED) is 0.561. The minimum Gasteiger partial charge on any atom is -0.303 e. The van der Waals surface area contributed by atoms with Crippen molar-refractivity contribution in [3.05, 3.63) is 16.5 Å². The van der Waals surface area contributed by atoms with Crippen molar-refractivity contribution in [1.29, 1.82) is 0 Å². The van der Waals surface area contributed by atoms with E-state index in [1.165, 1.54) is 0 Å². The van der Waals surface area contributed by atoms with Gasteiger partial charge < -0.3 is 4.90 Å². The first-order chi connectivity index (χ1) is 8.56. The van der Waals surface area contributed by atoms with Crippen LogP contribution in [0.15, 0.2) is 15.7 Å². The lowest BCUT2D eigenvalue weighted by Crippen LogP contribution is -2.25. The average Bonchev–Trinajstić information content (AvgIpc) is 2.34. The molecule has 0 atom stereocenters. The third kappa shape index (κ3) is 5.24. The van der Waals surface area contributed by atoms with E-state index in [1.54, 1.807) is 11.8 Å². The van der Waals surface area contributed by atoms with Crippen molar-refractivity contribution in [3.8, 4) is 0 Å². The van der Waals surface area contributed by atoms with Gasteiger partial charge >= 0.3 is 0 Å². The third-order valence-corrected chi connectivity index (χ3v) is 4.05. The lowest BCUT2D eigenvalue weighted by atomic mass is 10.2. The number of rotatable bonds is 7. The van der Waals surface area contributed by atoms with E-state index in [0.717, 1.165) is 40.8 Å². The summed E-state index contributed by atoms with van der Waals surface area (Å²) < 4.78 is 0.881. The summed E-state index contributed by atoms with van der Waals surface area (Å²) >= 11 is 5.26. The Labute approximate surface area is 123 Å². The van der Waals surface area contributed by atoms with E-state index in [0.29, 0.717) is 5.92 Å². The minimum absolute atomic E-state index is 0.365. The summed E-state index contributed by atoms with van der Waals surface area (Å²) in [4.78, 5) is 11.4. The standard InChI is InChI=1S/C13H22BrN3S/c1-5-17(6-2)7-8-18-12-9-11(14)15-13(16-12)10(3)4/h9-10H,5-8H2,1-4H3. The van der Waals surface area contributed by atoms with Gasteiger partial charge in [0.25, 0.3) is 0 Å². The molecular formula is C13H22BrN3S. The Bertz CT molecular complexity index is 367. The molecule has 0 radical (unpaired) electrons. The van der Waals surface area contributed by atoms with Gasteiger partial charge in [0.05, 0.1) is 0 Å². The number of hydrogen-bond acceptors (Lipinski definition) is 4. The summed E-state index contributed by atoms with van der Waals surface area (Å²) in [5, 5.41) is 1.06. The Morgan fingerprint density at radius 2 is 1.94 bits per heavy atom. The molecule has 18 heavy (non-hydrogen) atoms. The van der Waals surface area contributed by atoms with Crippen LogP contribution in [0, 0.1) is 0 Å². The van der Waals surface area contributed by atoms with Crippen LogP contribution in [0.4, 0.5) is 0 Å². The molecule has 0 aliphatic heterocycles. The molecule has 0 amide bonds. The number of aromatic nitrogens is 2. The SMILES string of the molecule is CCN(CC)CCSc1cc(Br)nc(C(C)C)n1. The van der Waals surface area contributed by atoms with Crippen LogP contribution in [0.1, 0.15) is 39.4 Å². The van der Waals surface area contributed by atoms with Crippen molar-refractivity contribution in [2.45, 2.75) is 38.6 Å². The van der Waals surface area contributed by atoms with Crippen molar-refractivity contribution in [2.24, 2.45) is 0 Å². The fraction of sp³-hybridized carbons (Fsp3) is 0.692. The van der Waals surface area contributed by atoms with Crippen LogP contribution < -0.4 is 0 Å². The normalized spacial score (nSPS) is 11.5. The van der Waals surface area contributed by atoms with Gasteiger partial charge in [-0.15, -0.1) is 11.8 Å². The third-order valence-electron chi connectivity index (χ3n) is 2.76. The smallest absolute Gasteiger partial charge is 0.133 e. The number of nitrogens with zero attached hydrogens (tertiary/aromatic N) is 3. The van der Waals surface area contributed by atoms with Gasteiger partial charge in [-0.05, 0) is 29.0 Å². The fourth-order valence-electron chi connectivity index (χ4n) is 1.57. The van der Waals surface area contributed by atoms with E-state index in [9.17, 15) is 0 Å². The van der Waals surface area contributed by atoms with Crippen molar-refractivity contribution in [3.63, 3.8) is 0 Å². The molecule has 0 N–H and O–H groups in total. The molecule has 0 spiro atoms. The Kier molecular flexibility index (Phi) is 7.19.